The first-order valence-electron chi connectivity index (χ1n) is 11.5. The number of hydrogen-bond acceptors (Lipinski definition) is 8. The lowest BCUT2D eigenvalue weighted by atomic mass is 9.91. The van der Waals surface area contributed by atoms with Crippen LogP contribution in [-0.4, -0.2) is 54.5 Å². The van der Waals surface area contributed by atoms with Crippen molar-refractivity contribution in [3.05, 3.63) is 60.5 Å². The van der Waals surface area contributed by atoms with Gasteiger partial charge in [-0.25, -0.2) is 9.67 Å². The lowest BCUT2D eigenvalue weighted by Crippen LogP contribution is -2.49. The average molecular weight is 473 g/mol. The monoisotopic (exact) mass is 472 g/mol. The lowest BCUT2D eigenvalue weighted by Gasteiger charge is -2.30. The second-order valence-corrected chi connectivity index (χ2v) is 8.70. The van der Waals surface area contributed by atoms with E-state index in [0.717, 1.165) is 25.0 Å². The Bertz CT molecular complexity index is 1500. The number of nitrogens with two attached hydrogens (primary N) is 1. The van der Waals surface area contributed by atoms with Crippen molar-refractivity contribution in [1.82, 2.24) is 34.7 Å². The summed E-state index contributed by atoms with van der Waals surface area (Å²) in [6.45, 7) is 2.97. The molecule has 1 aromatic carbocycles. The van der Waals surface area contributed by atoms with E-state index in [1.54, 1.807) is 29.3 Å². The first-order chi connectivity index (χ1) is 17.1. The number of rotatable bonds is 6. The number of ether oxygens (including phenoxy) is 1. The maximum Gasteiger partial charge on any atom is 0.252 e. The molecule has 0 radical (unpaired) electrons. The summed E-state index contributed by atoms with van der Waals surface area (Å²) in [5.41, 5.74) is 6.72. The number of fused-ring (bicyclic) bond motifs is 3. The second kappa shape index (κ2) is 8.20. The van der Waals surface area contributed by atoms with Crippen LogP contribution < -0.4 is 11.1 Å². The van der Waals surface area contributed by atoms with E-state index in [2.05, 4.69) is 25.5 Å². The summed E-state index contributed by atoms with van der Waals surface area (Å²) in [6.07, 6.45) is 5.12. The molecule has 11 heteroatoms. The van der Waals surface area contributed by atoms with Crippen molar-refractivity contribution in [3.8, 4) is 11.6 Å². The Kier molecular flexibility index (Phi) is 4.99. The van der Waals surface area contributed by atoms with Crippen LogP contribution in [0.25, 0.3) is 28.3 Å². The summed E-state index contributed by atoms with van der Waals surface area (Å²) in [7, 11) is 0. The van der Waals surface area contributed by atoms with Gasteiger partial charge >= 0.3 is 0 Å². The highest BCUT2D eigenvalue weighted by Gasteiger charge is 2.40. The number of carbonyl (C=O) groups excluding carboxylic acids is 1. The molecule has 0 aliphatic carbocycles. The van der Waals surface area contributed by atoms with E-state index in [0.29, 0.717) is 34.8 Å². The Labute approximate surface area is 199 Å². The van der Waals surface area contributed by atoms with Crippen LogP contribution in [0.15, 0.2) is 59.3 Å². The summed E-state index contributed by atoms with van der Waals surface area (Å²) in [5, 5.41) is 12.7. The predicted octanol–water partition coefficient (Wildman–Crippen LogP) is 2.37. The predicted molar refractivity (Wildman–Crippen MR) is 127 cm³/mol. The van der Waals surface area contributed by atoms with Gasteiger partial charge in [-0.05, 0) is 37.5 Å². The molecule has 1 amide bonds. The second-order valence-electron chi connectivity index (χ2n) is 8.70. The van der Waals surface area contributed by atoms with Crippen LogP contribution >= 0.6 is 0 Å². The quantitative estimate of drug-likeness (QED) is 0.384. The van der Waals surface area contributed by atoms with Gasteiger partial charge in [0.15, 0.2) is 22.6 Å². The van der Waals surface area contributed by atoms with Crippen molar-refractivity contribution in [2.45, 2.75) is 31.4 Å². The van der Waals surface area contributed by atoms with Crippen molar-refractivity contribution in [1.29, 1.82) is 0 Å². The molecule has 0 saturated carbocycles. The SMILES string of the molecule is CC(C(=O)NCC1CCCO1)(c1ccccc1)n1ncc2c1nc(N)n1nc(-c3ccco3)nc21. The fourth-order valence-electron chi connectivity index (χ4n) is 4.54. The van der Waals surface area contributed by atoms with Crippen molar-refractivity contribution in [2.24, 2.45) is 0 Å². The fourth-order valence-corrected chi connectivity index (χ4v) is 4.54. The van der Waals surface area contributed by atoms with Gasteiger partial charge in [0, 0.05) is 13.2 Å². The molecular formula is C24H24N8O3. The number of carbonyl (C=O) groups is 1. The average Bonchev–Trinajstić information content (AvgIpc) is 3.68. The zero-order valence-electron chi connectivity index (χ0n) is 19.1. The summed E-state index contributed by atoms with van der Waals surface area (Å²) < 4.78 is 14.2. The number of amides is 1. The van der Waals surface area contributed by atoms with Crippen LogP contribution in [0.1, 0.15) is 25.3 Å². The van der Waals surface area contributed by atoms with Crippen molar-refractivity contribution in [3.63, 3.8) is 0 Å². The van der Waals surface area contributed by atoms with E-state index in [1.807, 2.05) is 37.3 Å². The molecule has 0 bridgehead atoms. The van der Waals surface area contributed by atoms with Gasteiger partial charge in [0.1, 0.15) is 0 Å². The number of hydrogen-bond donors (Lipinski definition) is 2. The van der Waals surface area contributed by atoms with Gasteiger partial charge in [-0.2, -0.15) is 14.6 Å². The first kappa shape index (κ1) is 21.3. The largest absolute Gasteiger partial charge is 0.461 e. The van der Waals surface area contributed by atoms with Crippen LogP contribution in [0.2, 0.25) is 0 Å². The van der Waals surface area contributed by atoms with E-state index in [4.69, 9.17) is 14.9 Å². The normalized spacial score (nSPS) is 17.7. The standard InChI is InChI=1S/C24H24N8O3/c1-24(15-7-3-2-4-8-15,22(33)26-13-16-9-5-11-34-16)32-21-17(14-27-32)20-28-19(18-10-6-12-35-18)30-31(20)23(25)29-21/h2-4,6-8,10,12,14,16H,5,9,11,13H2,1H3,(H2,25,29)(H,26,33). The lowest BCUT2D eigenvalue weighted by molar-refractivity contribution is -0.128. The minimum absolute atomic E-state index is 0.0118. The molecule has 11 nitrogen and oxygen atoms in total. The molecule has 3 N–H and O–H groups in total. The third-order valence-corrected chi connectivity index (χ3v) is 6.49. The number of nitrogens with one attached hydrogen (secondary N) is 1. The summed E-state index contributed by atoms with van der Waals surface area (Å²) in [4.78, 5) is 22.9. The van der Waals surface area contributed by atoms with E-state index in [1.165, 1.54) is 4.52 Å². The first-order valence-corrected chi connectivity index (χ1v) is 11.5. The van der Waals surface area contributed by atoms with Gasteiger partial charge in [0.25, 0.3) is 5.91 Å². The fraction of sp³-hybridized carbons (Fsp3) is 0.292. The number of aromatic nitrogens is 6. The number of benzene rings is 1. The zero-order valence-corrected chi connectivity index (χ0v) is 19.1. The summed E-state index contributed by atoms with van der Waals surface area (Å²) in [5.74, 6) is 0.789. The van der Waals surface area contributed by atoms with Gasteiger partial charge in [-0.3, -0.25) is 4.79 Å². The van der Waals surface area contributed by atoms with Crippen LogP contribution in [0, 0.1) is 0 Å². The molecule has 35 heavy (non-hydrogen) atoms. The van der Waals surface area contributed by atoms with Crippen molar-refractivity contribution >= 4 is 28.5 Å². The topological polar surface area (TPSA) is 138 Å². The smallest absolute Gasteiger partial charge is 0.252 e. The minimum Gasteiger partial charge on any atom is -0.461 e. The van der Waals surface area contributed by atoms with E-state index in [9.17, 15) is 4.79 Å². The van der Waals surface area contributed by atoms with Gasteiger partial charge in [0.05, 0.1) is 24.0 Å². The molecule has 5 heterocycles. The van der Waals surface area contributed by atoms with Crippen molar-refractivity contribution in [2.75, 3.05) is 18.9 Å². The van der Waals surface area contributed by atoms with Crippen LogP contribution in [0.3, 0.4) is 0 Å². The van der Waals surface area contributed by atoms with Gasteiger partial charge in [0.2, 0.25) is 11.8 Å². The van der Waals surface area contributed by atoms with Gasteiger partial charge < -0.3 is 20.2 Å². The Balaban J connectivity index is 1.48. The number of nitrogen functional groups attached to an aromatic ring is 1. The van der Waals surface area contributed by atoms with Crippen LogP contribution in [0.4, 0.5) is 5.95 Å². The molecule has 1 aliphatic heterocycles. The molecule has 1 saturated heterocycles. The molecular weight excluding hydrogens is 448 g/mol. The van der Waals surface area contributed by atoms with Gasteiger partial charge in [-0.15, -0.1) is 5.10 Å². The third-order valence-electron chi connectivity index (χ3n) is 6.49. The van der Waals surface area contributed by atoms with E-state index in [-0.39, 0.29) is 18.0 Å². The maximum absolute atomic E-state index is 13.7. The number of anilines is 1. The Morgan fingerprint density at radius 1 is 1.20 bits per heavy atom. The van der Waals surface area contributed by atoms with E-state index >= 15 is 0 Å². The highest BCUT2D eigenvalue weighted by molar-refractivity contribution is 5.94. The number of nitrogens with zero attached hydrogens (tertiary/aromatic N) is 6. The minimum atomic E-state index is -1.21. The molecule has 2 unspecified atom stereocenters. The molecule has 1 aliphatic rings. The molecule has 0 spiro atoms. The van der Waals surface area contributed by atoms with Crippen molar-refractivity contribution < 1.29 is 13.9 Å². The summed E-state index contributed by atoms with van der Waals surface area (Å²) >= 11 is 0. The molecule has 1 fully saturated rings. The highest BCUT2D eigenvalue weighted by atomic mass is 16.5. The van der Waals surface area contributed by atoms with Crippen LogP contribution in [0.5, 0.6) is 0 Å². The summed E-state index contributed by atoms with van der Waals surface area (Å²) in [6, 6.07) is 13.0. The molecule has 2 atom stereocenters. The van der Waals surface area contributed by atoms with Gasteiger partial charge in [-0.1, -0.05) is 30.3 Å². The Hall–Kier alpha value is -4.25. The Morgan fingerprint density at radius 3 is 2.80 bits per heavy atom. The molecule has 178 valence electrons. The highest BCUT2D eigenvalue weighted by Crippen LogP contribution is 2.31. The number of furan rings is 1. The molecule has 6 rings (SSSR count). The van der Waals surface area contributed by atoms with Crippen LogP contribution in [-0.2, 0) is 15.1 Å². The Morgan fingerprint density at radius 2 is 2.06 bits per heavy atom. The van der Waals surface area contributed by atoms with E-state index < -0.39 is 5.54 Å². The zero-order chi connectivity index (χ0) is 24.0. The maximum atomic E-state index is 13.7. The molecule has 4 aromatic heterocycles. The third kappa shape index (κ3) is 3.43. The molecule has 5 aromatic rings.